The van der Waals surface area contributed by atoms with Gasteiger partial charge < -0.3 is 10.0 Å². The predicted molar refractivity (Wildman–Crippen MR) is 63.4 cm³/mol. The third-order valence-corrected chi connectivity index (χ3v) is 4.12. The lowest BCUT2D eigenvalue weighted by atomic mass is 9.65. The molecule has 0 bridgehead atoms. The average Bonchev–Trinajstić information content (AvgIpc) is 2.71. The van der Waals surface area contributed by atoms with Gasteiger partial charge in [0, 0.05) is 13.1 Å². The zero-order valence-electron chi connectivity index (χ0n) is 10.0. The number of allylic oxidation sites excluding steroid dienone is 1. The Morgan fingerprint density at radius 3 is 2.59 bits per heavy atom. The van der Waals surface area contributed by atoms with Gasteiger partial charge in [0.25, 0.3) is 0 Å². The van der Waals surface area contributed by atoms with Crippen molar-refractivity contribution in [3.8, 4) is 0 Å². The Hall–Kier alpha value is -1.32. The second-order valence-corrected chi connectivity index (χ2v) is 5.20. The Balaban J connectivity index is 2.01. The number of carboxylic acids is 1. The number of rotatable bonds is 4. The molecule has 17 heavy (non-hydrogen) atoms. The monoisotopic (exact) mass is 237 g/mol. The lowest BCUT2D eigenvalue weighted by Crippen LogP contribution is -2.47. The van der Waals surface area contributed by atoms with Crippen molar-refractivity contribution >= 4 is 11.9 Å². The second kappa shape index (κ2) is 4.51. The highest BCUT2D eigenvalue weighted by atomic mass is 16.4. The Kier molecular flexibility index (Phi) is 3.22. The Morgan fingerprint density at radius 2 is 2.18 bits per heavy atom. The normalized spacial score (nSPS) is 26.4. The highest BCUT2D eigenvalue weighted by Crippen LogP contribution is 2.46. The fraction of sp³-hybridized carbons (Fsp3) is 0.692. The topological polar surface area (TPSA) is 57.6 Å². The molecule has 1 aliphatic heterocycles. The molecule has 1 N–H and O–H groups in total. The van der Waals surface area contributed by atoms with Crippen LogP contribution in [-0.4, -0.2) is 35.0 Å². The Labute approximate surface area is 101 Å². The molecule has 0 spiro atoms. The van der Waals surface area contributed by atoms with Gasteiger partial charge in [0.2, 0.25) is 5.91 Å². The van der Waals surface area contributed by atoms with Crippen molar-refractivity contribution in [1.82, 2.24) is 4.90 Å². The van der Waals surface area contributed by atoms with Crippen molar-refractivity contribution < 1.29 is 14.7 Å². The number of carbonyl (C=O) groups is 2. The number of carbonyl (C=O) groups excluding carboxylic acids is 1. The predicted octanol–water partition coefficient (Wildman–Crippen LogP) is 1.67. The molecule has 2 rings (SSSR count). The highest BCUT2D eigenvalue weighted by molar-refractivity contribution is 5.85. The first-order valence-corrected chi connectivity index (χ1v) is 6.22. The quantitative estimate of drug-likeness (QED) is 0.757. The van der Waals surface area contributed by atoms with Gasteiger partial charge in [-0.3, -0.25) is 9.59 Å². The van der Waals surface area contributed by atoms with E-state index in [-0.39, 0.29) is 17.2 Å². The van der Waals surface area contributed by atoms with Crippen LogP contribution in [0.1, 0.15) is 32.1 Å². The van der Waals surface area contributed by atoms with Crippen molar-refractivity contribution in [2.24, 2.45) is 11.3 Å². The molecule has 4 nitrogen and oxygen atoms in total. The number of likely N-dealkylation sites (tertiary alicyclic amines) is 1. The summed E-state index contributed by atoms with van der Waals surface area (Å²) >= 11 is 0. The van der Waals surface area contributed by atoms with Gasteiger partial charge in [-0.25, -0.2) is 0 Å². The first kappa shape index (κ1) is 12.1. The Morgan fingerprint density at radius 1 is 1.47 bits per heavy atom. The van der Waals surface area contributed by atoms with Gasteiger partial charge in [0.1, 0.15) is 0 Å². The summed E-state index contributed by atoms with van der Waals surface area (Å²) in [6.07, 6.45) is 6.06. The maximum absolute atomic E-state index is 12.4. The van der Waals surface area contributed by atoms with Crippen LogP contribution in [0.2, 0.25) is 0 Å². The third kappa shape index (κ3) is 2.08. The van der Waals surface area contributed by atoms with Crippen molar-refractivity contribution in [3.05, 3.63) is 12.7 Å². The summed E-state index contributed by atoms with van der Waals surface area (Å²) in [6.45, 7) is 4.69. The van der Waals surface area contributed by atoms with Gasteiger partial charge in [-0.1, -0.05) is 12.5 Å². The SMILES string of the molecule is C=CCC1(C(=O)N2CCC(C(=O)O)C2)CCC1. The van der Waals surface area contributed by atoms with Crippen LogP contribution in [0.15, 0.2) is 12.7 Å². The summed E-state index contributed by atoms with van der Waals surface area (Å²) in [5, 5.41) is 8.94. The minimum Gasteiger partial charge on any atom is -0.481 e. The van der Waals surface area contributed by atoms with E-state index in [0.29, 0.717) is 19.5 Å². The smallest absolute Gasteiger partial charge is 0.308 e. The second-order valence-electron chi connectivity index (χ2n) is 5.20. The highest BCUT2D eigenvalue weighted by Gasteiger charge is 2.46. The van der Waals surface area contributed by atoms with Crippen molar-refractivity contribution in [2.75, 3.05) is 13.1 Å². The first-order chi connectivity index (χ1) is 8.09. The van der Waals surface area contributed by atoms with Gasteiger partial charge in [-0.15, -0.1) is 6.58 Å². The van der Waals surface area contributed by atoms with E-state index in [4.69, 9.17) is 5.11 Å². The van der Waals surface area contributed by atoms with E-state index in [1.807, 2.05) is 6.08 Å². The third-order valence-electron chi connectivity index (χ3n) is 4.12. The zero-order chi connectivity index (χ0) is 12.5. The minimum absolute atomic E-state index is 0.146. The standard InChI is InChI=1S/C13H19NO3/c1-2-5-13(6-3-7-13)12(17)14-8-4-10(9-14)11(15)16/h2,10H,1,3-9H2,(H,15,16). The minimum atomic E-state index is -0.785. The molecule has 1 aliphatic carbocycles. The molecule has 0 aromatic carbocycles. The molecule has 4 heteroatoms. The first-order valence-electron chi connectivity index (χ1n) is 6.22. The number of nitrogens with zero attached hydrogens (tertiary/aromatic N) is 1. The molecule has 1 heterocycles. The molecule has 94 valence electrons. The summed E-state index contributed by atoms with van der Waals surface area (Å²) < 4.78 is 0. The number of hydrogen-bond donors (Lipinski definition) is 1. The summed E-state index contributed by atoms with van der Waals surface area (Å²) in [5.74, 6) is -1.01. The van der Waals surface area contributed by atoms with Crippen LogP contribution < -0.4 is 0 Å². The largest absolute Gasteiger partial charge is 0.481 e. The number of amides is 1. The number of carboxylic acid groups (broad SMARTS) is 1. The molecule has 1 saturated heterocycles. The van der Waals surface area contributed by atoms with Crippen LogP contribution in [-0.2, 0) is 9.59 Å². The van der Waals surface area contributed by atoms with E-state index in [0.717, 1.165) is 25.7 Å². The van der Waals surface area contributed by atoms with E-state index in [2.05, 4.69) is 6.58 Å². The van der Waals surface area contributed by atoms with E-state index < -0.39 is 5.97 Å². The number of hydrogen-bond acceptors (Lipinski definition) is 2. The molecular weight excluding hydrogens is 218 g/mol. The summed E-state index contributed by atoms with van der Waals surface area (Å²) in [5.41, 5.74) is -0.255. The van der Waals surface area contributed by atoms with Gasteiger partial charge >= 0.3 is 5.97 Å². The van der Waals surface area contributed by atoms with Gasteiger partial charge in [-0.05, 0) is 25.7 Å². The van der Waals surface area contributed by atoms with E-state index in [1.165, 1.54) is 0 Å². The lowest BCUT2D eigenvalue weighted by Gasteiger charge is -2.42. The molecule has 2 aliphatic rings. The molecule has 1 amide bonds. The molecule has 0 radical (unpaired) electrons. The maximum Gasteiger partial charge on any atom is 0.308 e. The van der Waals surface area contributed by atoms with Crippen LogP contribution in [0.25, 0.3) is 0 Å². The van der Waals surface area contributed by atoms with Crippen molar-refractivity contribution in [3.63, 3.8) is 0 Å². The number of aliphatic carboxylic acids is 1. The summed E-state index contributed by atoms with van der Waals surface area (Å²) in [6, 6.07) is 0. The summed E-state index contributed by atoms with van der Waals surface area (Å²) in [7, 11) is 0. The Bertz CT molecular complexity index is 347. The van der Waals surface area contributed by atoms with E-state index >= 15 is 0 Å². The fourth-order valence-corrected chi connectivity index (χ4v) is 2.87. The van der Waals surface area contributed by atoms with Gasteiger partial charge in [0.15, 0.2) is 0 Å². The molecule has 0 aromatic heterocycles. The van der Waals surface area contributed by atoms with Crippen LogP contribution in [0.3, 0.4) is 0 Å². The van der Waals surface area contributed by atoms with Crippen LogP contribution >= 0.6 is 0 Å². The average molecular weight is 237 g/mol. The zero-order valence-corrected chi connectivity index (χ0v) is 10.0. The van der Waals surface area contributed by atoms with Crippen LogP contribution in [0.4, 0.5) is 0 Å². The van der Waals surface area contributed by atoms with Gasteiger partial charge in [-0.2, -0.15) is 0 Å². The molecule has 1 atom stereocenters. The van der Waals surface area contributed by atoms with E-state index in [9.17, 15) is 9.59 Å². The molecule has 1 saturated carbocycles. The molecule has 1 unspecified atom stereocenters. The van der Waals surface area contributed by atoms with Crippen molar-refractivity contribution in [1.29, 1.82) is 0 Å². The lowest BCUT2D eigenvalue weighted by molar-refractivity contribution is -0.147. The van der Waals surface area contributed by atoms with E-state index in [1.54, 1.807) is 4.90 Å². The van der Waals surface area contributed by atoms with Crippen LogP contribution in [0, 0.1) is 11.3 Å². The fourth-order valence-electron chi connectivity index (χ4n) is 2.87. The molecule has 2 fully saturated rings. The summed E-state index contributed by atoms with van der Waals surface area (Å²) in [4.78, 5) is 25.0. The molecule has 0 aromatic rings. The van der Waals surface area contributed by atoms with Crippen molar-refractivity contribution in [2.45, 2.75) is 32.1 Å². The maximum atomic E-state index is 12.4. The van der Waals surface area contributed by atoms with Gasteiger partial charge in [0.05, 0.1) is 11.3 Å². The molecular formula is C13H19NO3. The van der Waals surface area contributed by atoms with Crippen LogP contribution in [0.5, 0.6) is 0 Å².